The Bertz CT molecular complexity index is 2720. The number of hydrogen-bond acceptors (Lipinski definition) is 11. The van der Waals surface area contributed by atoms with E-state index in [4.69, 9.17) is 19.2 Å². The fourth-order valence-electron chi connectivity index (χ4n) is 10.7. The molecule has 4 aromatic heterocycles. The molecule has 5 aliphatic heterocycles. The van der Waals surface area contributed by atoms with Crippen molar-refractivity contribution in [2.24, 2.45) is 13.0 Å². The Kier molecular flexibility index (Phi) is 10.7. The Labute approximate surface area is 367 Å². The quantitative estimate of drug-likeness (QED) is 0.152. The lowest BCUT2D eigenvalue weighted by atomic mass is 9.85. The number of epoxide rings is 1. The molecule has 0 spiro atoms. The number of nitrogens with one attached hydrogen (secondary N) is 2. The average Bonchev–Trinajstić information content (AvgIpc) is 3.79. The highest BCUT2D eigenvalue weighted by molar-refractivity contribution is 6.08. The van der Waals surface area contributed by atoms with E-state index >= 15 is 0 Å². The second-order valence-electron chi connectivity index (χ2n) is 18.1. The van der Waals surface area contributed by atoms with E-state index in [1.54, 1.807) is 33.3 Å². The van der Waals surface area contributed by atoms with Gasteiger partial charge in [0.05, 0.1) is 65.4 Å². The van der Waals surface area contributed by atoms with Crippen LogP contribution in [0.15, 0.2) is 47.7 Å². The topological polar surface area (TPSA) is 171 Å². The van der Waals surface area contributed by atoms with Gasteiger partial charge in [-0.1, -0.05) is 17.9 Å². The number of ether oxygens (including phenoxy) is 3. The highest BCUT2D eigenvalue weighted by Crippen LogP contribution is 2.39. The molecule has 3 unspecified atom stereocenters. The number of carbonyl (C=O) groups excluding carboxylic acids is 2. The van der Waals surface area contributed by atoms with Crippen molar-refractivity contribution in [1.82, 2.24) is 43.7 Å². The summed E-state index contributed by atoms with van der Waals surface area (Å²) in [5.74, 6) is 7.03. The molecule has 19 heteroatoms. The van der Waals surface area contributed by atoms with E-state index in [0.717, 1.165) is 93.5 Å². The predicted octanol–water partition coefficient (Wildman–Crippen LogP) is 4.19. The molecule has 9 heterocycles. The summed E-state index contributed by atoms with van der Waals surface area (Å²) in [5, 5.41) is 14.1. The van der Waals surface area contributed by atoms with Crippen LogP contribution in [0.1, 0.15) is 97.9 Å². The van der Waals surface area contributed by atoms with Crippen LogP contribution >= 0.6 is 0 Å². The standard InChI is InChI=1S/C45H51F2N11O6/c1-53-39-27(4-2-6-34(39)58(45(53)61)35-11-12-37(59)51-44-40(35)64-44)5-3-19-62-30-13-16-54(17-14-30)22-26-7-9-28(10-8-26)57-24-33(38(52-57)41(46)47)49-43(60)32-21-48-56-18-15-36(50-42(32)56)55-23-31-20-29(55)25-63-31/h2,4,6,15,18,21,24,26,28-31,35,40-41,44H,7-14,16-17,19-20,22-23,25H2,1H3,(H,49,60)(H,51,59)/t26?,28?,29-,31-,35?,40?,44?/m1/s1. The van der Waals surface area contributed by atoms with Crippen LogP contribution in [0.4, 0.5) is 20.3 Å². The Hall–Kier alpha value is -5.68. The maximum Gasteiger partial charge on any atom is 0.329 e. The lowest BCUT2D eigenvalue weighted by molar-refractivity contribution is -0.121. The Morgan fingerprint density at radius 1 is 1.08 bits per heavy atom. The number of anilines is 2. The molecule has 5 saturated heterocycles. The summed E-state index contributed by atoms with van der Waals surface area (Å²) in [6, 6.07) is 7.58. The van der Waals surface area contributed by atoms with Gasteiger partial charge in [-0.2, -0.15) is 10.2 Å². The van der Waals surface area contributed by atoms with Crippen LogP contribution in [0.5, 0.6) is 0 Å². The molecule has 2 amide bonds. The molecule has 64 heavy (non-hydrogen) atoms. The molecule has 1 aliphatic carbocycles. The molecule has 5 aromatic rings. The Morgan fingerprint density at radius 2 is 1.92 bits per heavy atom. The van der Waals surface area contributed by atoms with Gasteiger partial charge in [-0.15, -0.1) is 0 Å². The van der Waals surface area contributed by atoms with Crippen molar-refractivity contribution < 1.29 is 32.6 Å². The van der Waals surface area contributed by atoms with Crippen LogP contribution < -0.4 is 21.2 Å². The number of amides is 2. The van der Waals surface area contributed by atoms with Gasteiger partial charge < -0.3 is 34.6 Å². The zero-order valence-electron chi connectivity index (χ0n) is 35.6. The molecule has 17 nitrogen and oxygen atoms in total. The van der Waals surface area contributed by atoms with Gasteiger partial charge in [0.2, 0.25) is 5.91 Å². The molecular formula is C45H51F2N11O6. The minimum absolute atomic E-state index is 0.00236. The van der Waals surface area contributed by atoms with Crippen LogP contribution in [0, 0.1) is 17.8 Å². The molecule has 6 fully saturated rings. The number of alkyl halides is 2. The number of likely N-dealkylation sites (tertiary alicyclic amines) is 1. The number of aryl methyl sites for hydroxylation is 1. The number of fused-ring (bicyclic) bond motifs is 5. The number of benzene rings is 1. The maximum absolute atomic E-state index is 14.3. The zero-order chi connectivity index (χ0) is 43.6. The van der Waals surface area contributed by atoms with E-state index in [1.165, 1.54) is 10.7 Å². The average molecular weight is 880 g/mol. The lowest BCUT2D eigenvalue weighted by Gasteiger charge is -2.36. The molecular weight excluding hydrogens is 829 g/mol. The van der Waals surface area contributed by atoms with Gasteiger partial charge in [0, 0.05) is 52.0 Å². The number of imidazole rings is 1. The molecule has 11 rings (SSSR count). The van der Waals surface area contributed by atoms with E-state index < -0.39 is 18.0 Å². The van der Waals surface area contributed by atoms with E-state index in [9.17, 15) is 23.2 Å². The number of morpholine rings is 1. The van der Waals surface area contributed by atoms with E-state index in [-0.39, 0.29) is 72.1 Å². The summed E-state index contributed by atoms with van der Waals surface area (Å²) in [6.07, 6.45) is 8.77. The minimum atomic E-state index is -2.86. The Morgan fingerprint density at radius 3 is 2.70 bits per heavy atom. The van der Waals surface area contributed by atoms with Crippen molar-refractivity contribution in [2.75, 3.05) is 49.6 Å². The number of halogens is 2. The van der Waals surface area contributed by atoms with E-state index in [0.29, 0.717) is 31.0 Å². The smallest absolute Gasteiger partial charge is 0.329 e. The first-order valence-electron chi connectivity index (χ1n) is 22.5. The fourth-order valence-corrected chi connectivity index (χ4v) is 10.7. The number of para-hydroxylation sites is 1. The molecule has 2 N–H and O–H groups in total. The Balaban J connectivity index is 0.657. The van der Waals surface area contributed by atoms with Crippen LogP contribution in [0.3, 0.4) is 0 Å². The summed E-state index contributed by atoms with van der Waals surface area (Å²) in [4.78, 5) is 48.5. The van der Waals surface area contributed by atoms with E-state index in [2.05, 4.69) is 42.5 Å². The first kappa shape index (κ1) is 41.1. The summed E-state index contributed by atoms with van der Waals surface area (Å²) in [5.41, 5.74) is 2.24. The van der Waals surface area contributed by atoms with Gasteiger partial charge in [-0.3, -0.25) is 23.4 Å². The maximum atomic E-state index is 14.3. The van der Waals surface area contributed by atoms with Crippen molar-refractivity contribution in [3.05, 3.63) is 70.2 Å². The second kappa shape index (κ2) is 16.7. The first-order valence-corrected chi connectivity index (χ1v) is 22.5. The van der Waals surface area contributed by atoms with Gasteiger partial charge in [-0.05, 0) is 75.5 Å². The van der Waals surface area contributed by atoms with Gasteiger partial charge in [0.15, 0.2) is 17.6 Å². The summed E-state index contributed by atoms with van der Waals surface area (Å²) >= 11 is 0. The van der Waals surface area contributed by atoms with Gasteiger partial charge in [0.25, 0.3) is 12.3 Å². The largest absolute Gasteiger partial charge is 0.374 e. The molecule has 6 aliphatic rings. The molecule has 2 bridgehead atoms. The van der Waals surface area contributed by atoms with Crippen molar-refractivity contribution >= 4 is 40.0 Å². The summed E-state index contributed by atoms with van der Waals surface area (Å²) < 4.78 is 52.8. The van der Waals surface area contributed by atoms with Crippen LogP contribution in [-0.2, 0) is 26.1 Å². The number of hydrogen-bond donors (Lipinski definition) is 2. The first-order chi connectivity index (χ1) is 31.1. The highest BCUT2D eigenvalue weighted by Gasteiger charge is 2.50. The third-order valence-electron chi connectivity index (χ3n) is 14.2. The number of carbonyl (C=O) groups is 2. The number of aromatic nitrogens is 7. The predicted molar refractivity (Wildman–Crippen MR) is 229 cm³/mol. The number of piperidine rings is 1. The number of nitrogens with zero attached hydrogens (tertiary/aromatic N) is 9. The molecule has 5 atom stereocenters. The van der Waals surface area contributed by atoms with Crippen molar-refractivity contribution in [2.45, 2.75) is 107 Å². The third kappa shape index (κ3) is 7.73. The van der Waals surface area contributed by atoms with Gasteiger partial charge in [-0.25, -0.2) is 23.1 Å². The minimum Gasteiger partial charge on any atom is -0.374 e. The summed E-state index contributed by atoms with van der Waals surface area (Å²) in [6.45, 7) is 4.51. The molecule has 1 aromatic carbocycles. The van der Waals surface area contributed by atoms with Crippen molar-refractivity contribution in [1.29, 1.82) is 0 Å². The lowest BCUT2D eigenvalue weighted by Crippen LogP contribution is -2.40. The molecule has 336 valence electrons. The van der Waals surface area contributed by atoms with Crippen LogP contribution in [-0.4, -0.2) is 120 Å². The highest BCUT2D eigenvalue weighted by atomic mass is 19.3. The molecule has 1 saturated carbocycles. The van der Waals surface area contributed by atoms with Crippen molar-refractivity contribution in [3.63, 3.8) is 0 Å². The zero-order valence-corrected chi connectivity index (χ0v) is 35.6. The van der Waals surface area contributed by atoms with Crippen molar-refractivity contribution in [3.8, 4) is 11.8 Å². The normalized spacial score (nSPS) is 27.2. The van der Waals surface area contributed by atoms with Gasteiger partial charge >= 0.3 is 5.69 Å². The monoisotopic (exact) mass is 879 g/mol. The molecule has 0 radical (unpaired) electrons. The van der Waals surface area contributed by atoms with E-state index in [1.807, 2.05) is 24.3 Å². The third-order valence-corrected chi connectivity index (χ3v) is 14.2. The SMILES string of the molecule is Cn1c(=O)n(C2CCC(=O)NC3OC32)c2cccc(C#CCOC3CCN(CC4CCC(n5cc(NC(=O)c6cnn7ccc(N8C[C@H]9C[C@@H]8CO9)nc67)c(C(F)F)n5)CC4)CC3)c21. The van der Waals surface area contributed by atoms with Crippen LogP contribution in [0.2, 0.25) is 0 Å². The second-order valence-corrected chi connectivity index (χ2v) is 18.1. The number of rotatable bonds is 10. The fraction of sp³-hybridized carbons (Fsp3) is 0.556. The van der Waals surface area contributed by atoms with Gasteiger partial charge in [0.1, 0.15) is 24.1 Å². The summed E-state index contributed by atoms with van der Waals surface area (Å²) in [7, 11) is 1.75. The van der Waals surface area contributed by atoms with Crippen LogP contribution in [0.25, 0.3) is 16.7 Å².